The van der Waals surface area contributed by atoms with Gasteiger partial charge in [-0.2, -0.15) is 0 Å². The monoisotopic (exact) mass is 294 g/mol. The third-order valence-electron chi connectivity index (χ3n) is 4.25. The molecule has 2 rings (SSSR count). The molecule has 2 amide bonds. The van der Waals surface area contributed by atoms with Crippen LogP contribution in [0.3, 0.4) is 0 Å². The highest BCUT2D eigenvalue weighted by atomic mass is 19.1. The molecule has 0 heterocycles. The molecule has 114 valence electrons. The molecule has 1 fully saturated rings. The van der Waals surface area contributed by atoms with Crippen molar-refractivity contribution in [3.8, 4) is 0 Å². The minimum Gasteiger partial charge on any atom is -0.478 e. The second-order valence-electron chi connectivity index (χ2n) is 5.51. The molecule has 0 unspecified atom stereocenters. The summed E-state index contributed by atoms with van der Waals surface area (Å²) < 4.78 is 13.5. The van der Waals surface area contributed by atoms with Gasteiger partial charge in [0, 0.05) is 12.2 Å². The summed E-state index contributed by atoms with van der Waals surface area (Å²) in [4.78, 5) is 22.5. The van der Waals surface area contributed by atoms with Gasteiger partial charge in [0.1, 0.15) is 5.82 Å². The van der Waals surface area contributed by atoms with Crippen LogP contribution in [0.5, 0.6) is 0 Å². The first-order chi connectivity index (χ1) is 9.96. The highest BCUT2D eigenvalue weighted by Crippen LogP contribution is 2.43. The number of benzene rings is 1. The number of carbonyl (C=O) groups is 2. The Balaban J connectivity index is 1.91. The quantitative estimate of drug-likeness (QED) is 0.780. The molecule has 21 heavy (non-hydrogen) atoms. The lowest BCUT2D eigenvalue weighted by atomic mass is 9.67. The molecule has 1 aromatic carbocycles. The van der Waals surface area contributed by atoms with Crippen molar-refractivity contribution in [2.45, 2.75) is 32.6 Å². The highest BCUT2D eigenvalue weighted by Gasteiger charge is 2.35. The first-order valence-electron chi connectivity index (χ1n) is 7.03. The number of nitrogens with one attached hydrogen (secondary N) is 2. The number of carboxylic acids is 1. The van der Waals surface area contributed by atoms with Gasteiger partial charge in [-0.25, -0.2) is 14.0 Å². The summed E-state index contributed by atoms with van der Waals surface area (Å²) in [6.45, 7) is 2.71. The third-order valence-corrected chi connectivity index (χ3v) is 4.25. The van der Waals surface area contributed by atoms with Crippen LogP contribution in [0, 0.1) is 11.2 Å². The minimum absolute atomic E-state index is 0.204. The molecule has 1 aliphatic carbocycles. The Morgan fingerprint density at radius 1 is 1.38 bits per heavy atom. The lowest BCUT2D eigenvalue weighted by molar-refractivity contribution is 0.0692. The second kappa shape index (κ2) is 6.11. The molecule has 6 heteroatoms. The number of hydrogen-bond donors (Lipinski definition) is 3. The van der Waals surface area contributed by atoms with Crippen molar-refractivity contribution in [2.75, 3.05) is 11.9 Å². The predicted molar refractivity (Wildman–Crippen MR) is 77.0 cm³/mol. The maximum Gasteiger partial charge on any atom is 0.338 e. The Hall–Kier alpha value is -2.11. The number of halogens is 1. The van der Waals surface area contributed by atoms with E-state index in [4.69, 9.17) is 5.11 Å². The van der Waals surface area contributed by atoms with Gasteiger partial charge in [0.25, 0.3) is 0 Å². The van der Waals surface area contributed by atoms with E-state index < -0.39 is 23.4 Å². The molecule has 3 N–H and O–H groups in total. The molecule has 0 aliphatic heterocycles. The minimum atomic E-state index is -1.33. The van der Waals surface area contributed by atoms with E-state index in [1.165, 1.54) is 12.5 Å². The lowest BCUT2D eigenvalue weighted by Gasteiger charge is -2.41. The van der Waals surface area contributed by atoms with Crippen molar-refractivity contribution < 1.29 is 19.1 Å². The van der Waals surface area contributed by atoms with Crippen LogP contribution in [-0.2, 0) is 0 Å². The zero-order chi connectivity index (χ0) is 15.5. The Labute approximate surface area is 122 Å². The van der Waals surface area contributed by atoms with Crippen LogP contribution in [0.4, 0.5) is 14.9 Å². The van der Waals surface area contributed by atoms with E-state index in [1.807, 2.05) is 0 Å². The second-order valence-corrected chi connectivity index (χ2v) is 5.51. The van der Waals surface area contributed by atoms with E-state index in [-0.39, 0.29) is 11.1 Å². The maximum atomic E-state index is 13.5. The molecule has 0 spiro atoms. The fourth-order valence-electron chi connectivity index (χ4n) is 2.54. The molecular weight excluding hydrogens is 275 g/mol. The standard InChI is InChI=1S/C15H19FN2O3/c1-2-15(6-3-7-15)9-17-14(21)18-10-4-5-11(13(19)20)12(16)8-10/h4-5,8H,2-3,6-7,9H2,1H3,(H,19,20)(H2,17,18,21). The average Bonchev–Trinajstić information content (AvgIpc) is 2.37. The largest absolute Gasteiger partial charge is 0.478 e. The van der Waals surface area contributed by atoms with Crippen LogP contribution in [0.25, 0.3) is 0 Å². The number of aromatic carboxylic acids is 1. The Bertz CT molecular complexity index is 550. The van der Waals surface area contributed by atoms with Crippen molar-refractivity contribution in [3.63, 3.8) is 0 Å². The normalized spacial score (nSPS) is 15.9. The van der Waals surface area contributed by atoms with E-state index in [0.29, 0.717) is 6.54 Å². The highest BCUT2D eigenvalue weighted by molar-refractivity contribution is 5.91. The topological polar surface area (TPSA) is 78.4 Å². The summed E-state index contributed by atoms with van der Waals surface area (Å²) in [6, 6.07) is 3.09. The first-order valence-corrected chi connectivity index (χ1v) is 7.03. The average molecular weight is 294 g/mol. The molecule has 1 aliphatic rings. The smallest absolute Gasteiger partial charge is 0.338 e. The van der Waals surface area contributed by atoms with Gasteiger partial charge in [-0.3, -0.25) is 0 Å². The van der Waals surface area contributed by atoms with Crippen LogP contribution in [-0.4, -0.2) is 23.7 Å². The zero-order valence-corrected chi connectivity index (χ0v) is 11.9. The van der Waals surface area contributed by atoms with Crippen LogP contribution >= 0.6 is 0 Å². The molecule has 0 radical (unpaired) electrons. The van der Waals surface area contributed by atoms with Gasteiger partial charge < -0.3 is 15.7 Å². The van der Waals surface area contributed by atoms with E-state index in [2.05, 4.69) is 17.6 Å². The zero-order valence-electron chi connectivity index (χ0n) is 11.9. The van der Waals surface area contributed by atoms with Gasteiger partial charge in [0.05, 0.1) is 5.56 Å². The van der Waals surface area contributed by atoms with Crippen LogP contribution < -0.4 is 10.6 Å². The molecule has 0 bridgehead atoms. The number of hydrogen-bond acceptors (Lipinski definition) is 2. The van der Waals surface area contributed by atoms with Crippen LogP contribution in [0.15, 0.2) is 18.2 Å². The SMILES string of the molecule is CCC1(CNC(=O)Nc2ccc(C(=O)O)c(F)c2)CCC1. The molecule has 0 atom stereocenters. The molecule has 0 saturated heterocycles. The number of anilines is 1. The van der Waals surface area contributed by atoms with E-state index in [9.17, 15) is 14.0 Å². The van der Waals surface area contributed by atoms with Gasteiger partial charge in [-0.05, 0) is 42.9 Å². The van der Waals surface area contributed by atoms with Gasteiger partial charge in [0.15, 0.2) is 0 Å². The number of carboxylic acid groups (broad SMARTS) is 1. The number of carbonyl (C=O) groups excluding carboxylic acids is 1. The lowest BCUT2D eigenvalue weighted by Crippen LogP contribution is -2.43. The van der Waals surface area contributed by atoms with Gasteiger partial charge in [0.2, 0.25) is 0 Å². The summed E-state index contributed by atoms with van der Waals surface area (Å²) in [5.41, 5.74) is 0.0185. The summed E-state index contributed by atoms with van der Waals surface area (Å²) in [5, 5.41) is 14.0. The van der Waals surface area contributed by atoms with Crippen LogP contribution in [0.1, 0.15) is 43.0 Å². The van der Waals surface area contributed by atoms with Crippen molar-refractivity contribution in [2.24, 2.45) is 5.41 Å². The summed E-state index contributed by atoms with van der Waals surface area (Å²) in [7, 11) is 0. The van der Waals surface area contributed by atoms with Crippen molar-refractivity contribution in [1.82, 2.24) is 5.32 Å². The maximum absolute atomic E-state index is 13.5. The Morgan fingerprint density at radius 3 is 2.57 bits per heavy atom. The number of rotatable bonds is 5. The van der Waals surface area contributed by atoms with E-state index >= 15 is 0 Å². The van der Waals surface area contributed by atoms with Crippen molar-refractivity contribution >= 4 is 17.7 Å². The molecule has 1 saturated carbocycles. The van der Waals surface area contributed by atoms with Gasteiger partial charge >= 0.3 is 12.0 Å². The van der Waals surface area contributed by atoms with Crippen molar-refractivity contribution in [1.29, 1.82) is 0 Å². The Morgan fingerprint density at radius 2 is 2.10 bits per heavy atom. The predicted octanol–water partition coefficient (Wildman–Crippen LogP) is 3.23. The Kier molecular flexibility index (Phi) is 4.45. The van der Waals surface area contributed by atoms with E-state index in [1.54, 1.807) is 0 Å². The molecule has 5 nitrogen and oxygen atoms in total. The third kappa shape index (κ3) is 3.51. The summed E-state index contributed by atoms with van der Waals surface area (Å²) >= 11 is 0. The molecule has 0 aromatic heterocycles. The number of amides is 2. The van der Waals surface area contributed by atoms with E-state index in [0.717, 1.165) is 31.4 Å². The summed E-state index contributed by atoms with van der Waals surface area (Å²) in [5.74, 6) is -2.21. The molecule has 1 aromatic rings. The number of urea groups is 1. The van der Waals surface area contributed by atoms with Crippen molar-refractivity contribution in [3.05, 3.63) is 29.6 Å². The fraction of sp³-hybridized carbons (Fsp3) is 0.467. The first kappa shape index (κ1) is 15.3. The molecular formula is C15H19FN2O3. The van der Waals surface area contributed by atoms with Crippen LogP contribution in [0.2, 0.25) is 0 Å². The fourth-order valence-corrected chi connectivity index (χ4v) is 2.54. The van der Waals surface area contributed by atoms with Gasteiger partial charge in [-0.15, -0.1) is 0 Å². The van der Waals surface area contributed by atoms with Gasteiger partial charge in [-0.1, -0.05) is 13.3 Å². The summed E-state index contributed by atoms with van der Waals surface area (Å²) in [6.07, 6.45) is 4.45.